The number of ether oxygens (including phenoxy) is 1. The first kappa shape index (κ1) is 19.2. The van der Waals surface area contributed by atoms with E-state index in [2.05, 4.69) is 4.98 Å². The smallest absolute Gasteiger partial charge is 0.311 e. The lowest BCUT2D eigenvalue weighted by Gasteiger charge is -2.03. The molecular weight excluding hydrogens is 409 g/mol. The van der Waals surface area contributed by atoms with Crippen LogP contribution in [0.25, 0.3) is 10.6 Å². The summed E-state index contributed by atoms with van der Waals surface area (Å²) < 4.78 is 6.04. The SMILES string of the molecule is CCOC(=O)Cc1nc(-c2ccc(Cl)cc2)sc1Sc1ccc(Cl)cc1. The van der Waals surface area contributed by atoms with Gasteiger partial charge in [0.25, 0.3) is 0 Å². The van der Waals surface area contributed by atoms with Crippen molar-refractivity contribution in [3.05, 3.63) is 64.3 Å². The molecule has 0 spiro atoms. The Hall–Kier alpha value is -1.53. The minimum Gasteiger partial charge on any atom is -0.466 e. The first-order valence-electron chi connectivity index (χ1n) is 7.90. The summed E-state index contributed by atoms with van der Waals surface area (Å²) >= 11 is 15.0. The van der Waals surface area contributed by atoms with Crippen LogP contribution in [0.1, 0.15) is 12.6 Å². The molecule has 1 aromatic heterocycles. The number of carbonyl (C=O) groups excluding carboxylic acids is 1. The number of benzene rings is 2. The maximum atomic E-state index is 12.0. The Bertz CT molecular complexity index is 893. The van der Waals surface area contributed by atoms with Crippen molar-refractivity contribution in [1.29, 1.82) is 0 Å². The lowest BCUT2D eigenvalue weighted by molar-refractivity contribution is -0.142. The van der Waals surface area contributed by atoms with Gasteiger partial charge in [0, 0.05) is 20.5 Å². The van der Waals surface area contributed by atoms with E-state index in [4.69, 9.17) is 27.9 Å². The molecule has 3 nitrogen and oxygen atoms in total. The van der Waals surface area contributed by atoms with Crippen LogP contribution in [0.3, 0.4) is 0 Å². The molecule has 1 heterocycles. The Balaban J connectivity index is 1.92. The van der Waals surface area contributed by atoms with E-state index in [0.29, 0.717) is 16.7 Å². The predicted molar refractivity (Wildman–Crippen MR) is 108 cm³/mol. The highest BCUT2D eigenvalue weighted by atomic mass is 35.5. The Morgan fingerprint density at radius 3 is 2.31 bits per heavy atom. The van der Waals surface area contributed by atoms with E-state index in [1.165, 1.54) is 0 Å². The van der Waals surface area contributed by atoms with E-state index in [0.717, 1.165) is 25.4 Å². The molecule has 2 aromatic carbocycles. The van der Waals surface area contributed by atoms with Gasteiger partial charge in [0.05, 0.1) is 22.9 Å². The highest BCUT2D eigenvalue weighted by molar-refractivity contribution is 8.01. The minimum absolute atomic E-state index is 0.147. The van der Waals surface area contributed by atoms with Crippen LogP contribution in [0.2, 0.25) is 10.0 Å². The van der Waals surface area contributed by atoms with Crippen LogP contribution in [0, 0.1) is 0 Å². The van der Waals surface area contributed by atoms with Crippen LogP contribution in [0.15, 0.2) is 57.6 Å². The van der Waals surface area contributed by atoms with Crippen molar-refractivity contribution < 1.29 is 9.53 Å². The number of esters is 1. The number of rotatable bonds is 6. The zero-order valence-corrected chi connectivity index (χ0v) is 17.0. The maximum Gasteiger partial charge on any atom is 0.311 e. The van der Waals surface area contributed by atoms with Crippen molar-refractivity contribution in [3.8, 4) is 10.6 Å². The third-order valence-electron chi connectivity index (χ3n) is 3.39. The minimum atomic E-state index is -0.279. The average Bonchev–Trinajstić information content (AvgIpc) is 3.00. The van der Waals surface area contributed by atoms with Crippen LogP contribution in [0.5, 0.6) is 0 Å². The second-order valence-corrected chi connectivity index (χ2v) is 8.51. The molecule has 7 heteroatoms. The summed E-state index contributed by atoms with van der Waals surface area (Å²) in [5, 5.41) is 2.21. The first-order chi connectivity index (χ1) is 12.5. The lowest BCUT2D eigenvalue weighted by atomic mass is 10.2. The van der Waals surface area contributed by atoms with Gasteiger partial charge in [-0.05, 0) is 43.3 Å². The van der Waals surface area contributed by atoms with Gasteiger partial charge in [0.2, 0.25) is 0 Å². The van der Waals surface area contributed by atoms with Gasteiger partial charge in [-0.2, -0.15) is 0 Å². The van der Waals surface area contributed by atoms with Crippen molar-refractivity contribution in [2.75, 3.05) is 6.61 Å². The molecule has 3 rings (SSSR count). The fraction of sp³-hybridized carbons (Fsp3) is 0.158. The van der Waals surface area contributed by atoms with E-state index < -0.39 is 0 Å². The quantitative estimate of drug-likeness (QED) is 0.431. The van der Waals surface area contributed by atoms with Crippen LogP contribution >= 0.6 is 46.3 Å². The third kappa shape index (κ3) is 5.01. The van der Waals surface area contributed by atoms with Gasteiger partial charge >= 0.3 is 5.97 Å². The summed E-state index contributed by atoms with van der Waals surface area (Å²) in [6.07, 6.45) is 0.147. The Kier molecular flexibility index (Phi) is 6.59. The first-order valence-corrected chi connectivity index (χ1v) is 10.3. The molecule has 0 aliphatic heterocycles. The van der Waals surface area contributed by atoms with E-state index in [9.17, 15) is 4.79 Å². The largest absolute Gasteiger partial charge is 0.466 e. The molecule has 0 radical (unpaired) electrons. The summed E-state index contributed by atoms with van der Waals surface area (Å²) in [6.45, 7) is 2.15. The highest BCUT2D eigenvalue weighted by Crippen LogP contribution is 2.39. The predicted octanol–water partition coefficient (Wildman–Crippen LogP) is 6.37. The number of aromatic nitrogens is 1. The zero-order valence-electron chi connectivity index (χ0n) is 13.9. The molecule has 3 aromatic rings. The molecule has 0 N–H and O–H groups in total. The standard InChI is InChI=1S/C19H15Cl2NO2S2/c1-2-24-17(23)11-16-19(25-15-9-7-14(21)8-10-15)26-18(22-16)12-3-5-13(20)6-4-12/h3-10H,2,11H2,1H3. The van der Waals surface area contributed by atoms with Crippen LogP contribution < -0.4 is 0 Å². The molecule has 0 aliphatic carbocycles. The summed E-state index contributed by atoms with van der Waals surface area (Å²) in [7, 11) is 0. The van der Waals surface area contributed by atoms with E-state index in [1.807, 2.05) is 48.5 Å². The second kappa shape index (κ2) is 8.91. The third-order valence-corrected chi connectivity index (χ3v) is 6.27. The number of halogens is 2. The van der Waals surface area contributed by atoms with Crippen molar-refractivity contribution in [2.45, 2.75) is 22.4 Å². The van der Waals surface area contributed by atoms with E-state index in [-0.39, 0.29) is 12.4 Å². The lowest BCUT2D eigenvalue weighted by Crippen LogP contribution is -2.08. The number of carbonyl (C=O) groups is 1. The van der Waals surface area contributed by atoms with Crippen molar-refractivity contribution in [3.63, 3.8) is 0 Å². The molecule has 0 fully saturated rings. The van der Waals surface area contributed by atoms with Gasteiger partial charge in [-0.25, -0.2) is 4.98 Å². The summed E-state index contributed by atoms with van der Waals surface area (Å²) in [5.74, 6) is -0.279. The number of hydrogen-bond acceptors (Lipinski definition) is 5. The number of hydrogen-bond donors (Lipinski definition) is 0. The molecule has 0 atom stereocenters. The van der Waals surface area contributed by atoms with Gasteiger partial charge < -0.3 is 4.74 Å². The molecule has 0 saturated heterocycles. The normalized spacial score (nSPS) is 10.7. The van der Waals surface area contributed by atoms with Gasteiger partial charge in [-0.1, -0.05) is 47.1 Å². The highest BCUT2D eigenvalue weighted by Gasteiger charge is 2.17. The van der Waals surface area contributed by atoms with Crippen molar-refractivity contribution >= 4 is 52.3 Å². The number of thiazole rings is 1. The molecule has 134 valence electrons. The molecule has 0 unspecified atom stereocenters. The fourth-order valence-corrected chi connectivity index (χ4v) is 4.69. The van der Waals surface area contributed by atoms with E-state index in [1.54, 1.807) is 30.0 Å². The Labute approximate surface area is 170 Å². The summed E-state index contributed by atoms with van der Waals surface area (Å²) in [4.78, 5) is 17.7. The molecule has 26 heavy (non-hydrogen) atoms. The summed E-state index contributed by atoms with van der Waals surface area (Å²) in [5.41, 5.74) is 1.69. The Morgan fingerprint density at radius 1 is 1.08 bits per heavy atom. The zero-order chi connectivity index (χ0) is 18.5. The monoisotopic (exact) mass is 423 g/mol. The molecule has 0 bridgehead atoms. The number of nitrogens with zero attached hydrogens (tertiary/aromatic N) is 1. The topological polar surface area (TPSA) is 39.2 Å². The van der Waals surface area contributed by atoms with Crippen LogP contribution in [0.4, 0.5) is 0 Å². The molecule has 0 saturated carbocycles. The average molecular weight is 424 g/mol. The maximum absolute atomic E-state index is 12.0. The molecule has 0 amide bonds. The van der Waals surface area contributed by atoms with Gasteiger partial charge in [-0.15, -0.1) is 11.3 Å². The van der Waals surface area contributed by atoms with Crippen molar-refractivity contribution in [1.82, 2.24) is 4.98 Å². The van der Waals surface area contributed by atoms with Crippen LogP contribution in [-0.4, -0.2) is 17.6 Å². The fourth-order valence-electron chi connectivity index (χ4n) is 2.20. The molecular formula is C19H15Cl2NO2S2. The second-order valence-electron chi connectivity index (χ2n) is 5.30. The van der Waals surface area contributed by atoms with Gasteiger partial charge in [-0.3, -0.25) is 4.79 Å². The van der Waals surface area contributed by atoms with Crippen molar-refractivity contribution in [2.24, 2.45) is 0 Å². The summed E-state index contributed by atoms with van der Waals surface area (Å²) in [6, 6.07) is 15.1. The molecule has 0 aliphatic rings. The Morgan fingerprint density at radius 2 is 1.69 bits per heavy atom. The van der Waals surface area contributed by atoms with E-state index >= 15 is 0 Å². The van der Waals surface area contributed by atoms with Gasteiger partial charge in [0.15, 0.2) is 0 Å². The van der Waals surface area contributed by atoms with Gasteiger partial charge in [0.1, 0.15) is 5.01 Å². The van der Waals surface area contributed by atoms with Crippen LogP contribution in [-0.2, 0) is 16.0 Å².